The molecule has 0 bridgehead atoms. The fraction of sp³-hybridized carbons (Fsp3) is 0.278. The summed E-state index contributed by atoms with van der Waals surface area (Å²) in [6.45, 7) is 4.10. The molecule has 136 valence electrons. The molecule has 0 atom stereocenters. The van der Waals surface area contributed by atoms with Gasteiger partial charge in [-0.15, -0.1) is 11.3 Å². The summed E-state index contributed by atoms with van der Waals surface area (Å²) in [6.07, 6.45) is 0.827. The Kier molecular flexibility index (Phi) is 5.58. The van der Waals surface area contributed by atoms with Crippen LogP contribution in [0.5, 0.6) is 0 Å². The maximum absolute atomic E-state index is 12.3. The molecule has 1 aromatic carbocycles. The molecule has 0 unspecified atom stereocenters. The molecule has 0 aliphatic heterocycles. The maximum atomic E-state index is 12.3. The van der Waals surface area contributed by atoms with Crippen molar-refractivity contribution in [3.05, 3.63) is 45.9 Å². The van der Waals surface area contributed by atoms with Gasteiger partial charge in [0.05, 0.1) is 16.4 Å². The van der Waals surface area contributed by atoms with Crippen molar-refractivity contribution in [1.29, 1.82) is 0 Å². The number of para-hydroxylation sites is 1. The predicted octanol–water partition coefficient (Wildman–Crippen LogP) is 3.73. The molecule has 0 saturated carbocycles. The number of aryl methyl sites for hydroxylation is 1. The SMILES string of the molecule is CCCNC(=O)COC(=O)c1cc2c(C)nn(-c3ccccc3Cl)c2s1. The molecule has 3 aromatic rings. The first-order chi connectivity index (χ1) is 12.5. The number of fused-ring (bicyclic) bond motifs is 1. The lowest BCUT2D eigenvalue weighted by Crippen LogP contribution is -2.29. The van der Waals surface area contributed by atoms with Crippen LogP contribution in [0.1, 0.15) is 28.7 Å². The Hall–Kier alpha value is -2.38. The second-order valence-electron chi connectivity index (χ2n) is 5.70. The lowest BCUT2D eigenvalue weighted by molar-refractivity contribution is -0.124. The molecule has 1 amide bonds. The molecule has 0 aliphatic carbocycles. The molecule has 8 heteroatoms. The van der Waals surface area contributed by atoms with E-state index in [1.54, 1.807) is 16.8 Å². The second-order valence-corrected chi connectivity index (χ2v) is 7.14. The highest BCUT2D eigenvalue weighted by molar-refractivity contribution is 7.20. The van der Waals surface area contributed by atoms with Gasteiger partial charge in [0.25, 0.3) is 5.91 Å². The van der Waals surface area contributed by atoms with Gasteiger partial charge in [-0.25, -0.2) is 9.48 Å². The summed E-state index contributed by atoms with van der Waals surface area (Å²) in [6, 6.07) is 9.12. The minimum atomic E-state index is -0.525. The number of nitrogens with one attached hydrogen (secondary N) is 1. The molecule has 26 heavy (non-hydrogen) atoms. The number of ether oxygens (including phenoxy) is 1. The van der Waals surface area contributed by atoms with Gasteiger partial charge in [-0.3, -0.25) is 4.79 Å². The van der Waals surface area contributed by atoms with Crippen LogP contribution in [-0.4, -0.2) is 34.8 Å². The van der Waals surface area contributed by atoms with Crippen LogP contribution in [0.4, 0.5) is 0 Å². The molecular weight excluding hydrogens is 374 g/mol. The molecule has 3 rings (SSSR count). The number of halogens is 1. The number of hydrogen-bond donors (Lipinski definition) is 1. The zero-order valence-electron chi connectivity index (χ0n) is 14.4. The van der Waals surface area contributed by atoms with Gasteiger partial charge < -0.3 is 10.1 Å². The van der Waals surface area contributed by atoms with E-state index in [1.165, 1.54) is 11.3 Å². The number of esters is 1. The number of hydrogen-bond acceptors (Lipinski definition) is 5. The highest BCUT2D eigenvalue weighted by Gasteiger charge is 2.19. The van der Waals surface area contributed by atoms with Gasteiger partial charge in [0.2, 0.25) is 0 Å². The van der Waals surface area contributed by atoms with Gasteiger partial charge in [-0.05, 0) is 31.5 Å². The van der Waals surface area contributed by atoms with Gasteiger partial charge >= 0.3 is 5.97 Å². The predicted molar refractivity (Wildman–Crippen MR) is 102 cm³/mol. The first-order valence-corrected chi connectivity index (χ1v) is 9.38. The number of carbonyl (C=O) groups is 2. The van der Waals surface area contributed by atoms with Crippen LogP contribution in [0.15, 0.2) is 30.3 Å². The fourth-order valence-electron chi connectivity index (χ4n) is 2.45. The van der Waals surface area contributed by atoms with Crippen molar-refractivity contribution < 1.29 is 14.3 Å². The lowest BCUT2D eigenvalue weighted by atomic mass is 10.3. The zero-order chi connectivity index (χ0) is 18.7. The van der Waals surface area contributed by atoms with Crippen LogP contribution in [-0.2, 0) is 9.53 Å². The topological polar surface area (TPSA) is 73.2 Å². The minimum Gasteiger partial charge on any atom is -0.451 e. The Bertz CT molecular complexity index is 964. The second kappa shape index (κ2) is 7.88. The quantitative estimate of drug-likeness (QED) is 0.650. The Morgan fingerprint density at radius 2 is 2.12 bits per heavy atom. The van der Waals surface area contributed by atoms with Crippen molar-refractivity contribution in [2.45, 2.75) is 20.3 Å². The van der Waals surface area contributed by atoms with E-state index < -0.39 is 5.97 Å². The molecule has 1 N–H and O–H groups in total. The van der Waals surface area contributed by atoms with Crippen LogP contribution in [0.2, 0.25) is 5.02 Å². The van der Waals surface area contributed by atoms with E-state index >= 15 is 0 Å². The number of nitrogens with zero attached hydrogens (tertiary/aromatic N) is 2. The summed E-state index contributed by atoms with van der Waals surface area (Å²) in [5, 5.41) is 8.61. The van der Waals surface area contributed by atoms with Crippen LogP contribution in [0.25, 0.3) is 15.9 Å². The highest BCUT2D eigenvalue weighted by Crippen LogP contribution is 2.32. The van der Waals surface area contributed by atoms with Crippen molar-refractivity contribution in [2.75, 3.05) is 13.2 Å². The first kappa shape index (κ1) is 18.4. The van der Waals surface area contributed by atoms with Crippen molar-refractivity contribution >= 4 is 45.0 Å². The molecule has 2 heterocycles. The molecule has 0 spiro atoms. The third-order valence-electron chi connectivity index (χ3n) is 3.73. The smallest absolute Gasteiger partial charge is 0.348 e. The van der Waals surface area contributed by atoms with E-state index in [1.807, 2.05) is 32.0 Å². The van der Waals surface area contributed by atoms with Crippen molar-refractivity contribution in [3.8, 4) is 5.69 Å². The molecule has 6 nitrogen and oxygen atoms in total. The largest absolute Gasteiger partial charge is 0.451 e. The summed E-state index contributed by atoms with van der Waals surface area (Å²) < 4.78 is 6.82. The third kappa shape index (κ3) is 3.73. The van der Waals surface area contributed by atoms with Crippen LogP contribution < -0.4 is 5.32 Å². The van der Waals surface area contributed by atoms with E-state index in [0.717, 1.165) is 28.0 Å². The standard InChI is InChI=1S/C18H18ClN3O3S/c1-3-8-20-16(23)10-25-18(24)15-9-12-11(2)21-22(17(12)26-15)14-7-5-4-6-13(14)19/h4-7,9H,3,8,10H2,1-2H3,(H,20,23). The summed E-state index contributed by atoms with van der Waals surface area (Å²) in [7, 11) is 0. The van der Waals surface area contributed by atoms with Gasteiger partial charge in [-0.2, -0.15) is 5.10 Å². The van der Waals surface area contributed by atoms with Gasteiger partial charge in [0.15, 0.2) is 6.61 Å². The van der Waals surface area contributed by atoms with E-state index in [2.05, 4.69) is 10.4 Å². The van der Waals surface area contributed by atoms with Gasteiger partial charge in [0.1, 0.15) is 9.71 Å². The average molecular weight is 392 g/mol. The molecular formula is C18H18ClN3O3S. The Morgan fingerprint density at radius 3 is 2.85 bits per heavy atom. The molecule has 0 fully saturated rings. The average Bonchev–Trinajstić information content (AvgIpc) is 3.19. The molecule has 0 radical (unpaired) electrons. The Morgan fingerprint density at radius 1 is 1.35 bits per heavy atom. The number of thiophene rings is 1. The molecule has 0 saturated heterocycles. The lowest BCUT2D eigenvalue weighted by Gasteiger charge is -2.05. The Balaban J connectivity index is 1.84. The normalized spacial score (nSPS) is 10.9. The number of amides is 1. The number of carbonyl (C=O) groups excluding carboxylic acids is 2. The third-order valence-corrected chi connectivity index (χ3v) is 5.14. The van der Waals surface area contributed by atoms with E-state index in [0.29, 0.717) is 16.4 Å². The van der Waals surface area contributed by atoms with Crippen LogP contribution in [0.3, 0.4) is 0 Å². The van der Waals surface area contributed by atoms with E-state index in [-0.39, 0.29) is 12.5 Å². The summed E-state index contributed by atoms with van der Waals surface area (Å²) in [5.74, 6) is -0.831. The van der Waals surface area contributed by atoms with Crippen LogP contribution in [0, 0.1) is 6.92 Å². The number of aromatic nitrogens is 2. The fourth-order valence-corrected chi connectivity index (χ4v) is 3.74. The number of rotatable bonds is 6. The van der Waals surface area contributed by atoms with Crippen molar-refractivity contribution in [3.63, 3.8) is 0 Å². The molecule has 0 aliphatic rings. The van der Waals surface area contributed by atoms with Gasteiger partial charge in [-0.1, -0.05) is 30.7 Å². The summed E-state index contributed by atoms with van der Waals surface area (Å²) >= 11 is 7.53. The highest BCUT2D eigenvalue weighted by atomic mass is 35.5. The Labute approximate surface area is 159 Å². The maximum Gasteiger partial charge on any atom is 0.348 e. The molecule has 2 aromatic heterocycles. The minimum absolute atomic E-state index is 0.289. The van der Waals surface area contributed by atoms with Crippen molar-refractivity contribution in [1.82, 2.24) is 15.1 Å². The number of benzene rings is 1. The zero-order valence-corrected chi connectivity index (χ0v) is 16.0. The van der Waals surface area contributed by atoms with E-state index in [4.69, 9.17) is 16.3 Å². The summed E-state index contributed by atoms with van der Waals surface area (Å²) in [5.41, 5.74) is 1.53. The monoisotopic (exact) mass is 391 g/mol. The van der Waals surface area contributed by atoms with Gasteiger partial charge in [0, 0.05) is 11.9 Å². The van der Waals surface area contributed by atoms with Crippen LogP contribution >= 0.6 is 22.9 Å². The first-order valence-electron chi connectivity index (χ1n) is 8.19. The summed E-state index contributed by atoms with van der Waals surface area (Å²) in [4.78, 5) is 25.1. The van der Waals surface area contributed by atoms with Crippen molar-refractivity contribution in [2.24, 2.45) is 0 Å². The van der Waals surface area contributed by atoms with E-state index in [9.17, 15) is 9.59 Å².